The first-order valence-electron chi connectivity index (χ1n) is 12.5. The number of rotatable bonds is 3. The Morgan fingerprint density at radius 1 is 1.11 bits per heavy atom. The first-order chi connectivity index (χ1) is 16.7. The van der Waals surface area contributed by atoms with Crippen molar-refractivity contribution in [2.24, 2.45) is 0 Å². The van der Waals surface area contributed by atoms with E-state index in [1.165, 1.54) is 5.56 Å². The fourth-order valence-corrected chi connectivity index (χ4v) is 5.01. The predicted octanol–water partition coefficient (Wildman–Crippen LogP) is 3.97. The summed E-state index contributed by atoms with van der Waals surface area (Å²) in [4.78, 5) is 33.2. The van der Waals surface area contributed by atoms with Gasteiger partial charge in [0.05, 0.1) is 17.8 Å². The number of nitrogens with one attached hydrogen (secondary N) is 1. The summed E-state index contributed by atoms with van der Waals surface area (Å²) >= 11 is 0. The molecule has 1 aromatic carbocycles. The molecule has 0 saturated carbocycles. The van der Waals surface area contributed by atoms with Crippen molar-refractivity contribution in [3.63, 3.8) is 0 Å². The molecule has 2 amide bonds. The van der Waals surface area contributed by atoms with Gasteiger partial charge in [0, 0.05) is 39.0 Å². The summed E-state index contributed by atoms with van der Waals surface area (Å²) in [6, 6.07) is 8.17. The Balaban J connectivity index is 1.17. The first-order valence-corrected chi connectivity index (χ1v) is 12.5. The number of nitrogens with zero attached hydrogens (tertiary/aromatic N) is 3. The number of anilines is 1. The van der Waals surface area contributed by atoms with Crippen molar-refractivity contribution in [1.82, 2.24) is 15.2 Å². The lowest BCUT2D eigenvalue weighted by molar-refractivity contribution is 0.0224. The lowest BCUT2D eigenvalue weighted by Crippen LogP contribution is -2.40. The maximum absolute atomic E-state index is 12.4. The molecule has 0 aliphatic carbocycles. The molecule has 5 rings (SSSR count). The number of ether oxygens (including phenoxy) is 2. The number of amides is 2. The molecule has 0 atom stereocenters. The number of benzene rings is 1. The predicted molar refractivity (Wildman–Crippen MR) is 133 cm³/mol. The summed E-state index contributed by atoms with van der Waals surface area (Å²) in [6.45, 7) is 11.2. The van der Waals surface area contributed by atoms with Crippen LogP contribution in [0.15, 0.2) is 24.3 Å². The van der Waals surface area contributed by atoms with Crippen LogP contribution < -0.4 is 15.0 Å². The maximum atomic E-state index is 12.4. The van der Waals surface area contributed by atoms with E-state index in [4.69, 9.17) is 14.5 Å². The van der Waals surface area contributed by atoms with Gasteiger partial charge in [-0.25, -0.2) is 9.78 Å². The van der Waals surface area contributed by atoms with Crippen LogP contribution in [0.1, 0.15) is 66.4 Å². The van der Waals surface area contributed by atoms with E-state index in [2.05, 4.69) is 22.3 Å². The third kappa shape index (κ3) is 5.06. The zero-order chi connectivity index (χ0) is 24.7. The van der Waals surface area contributed by atoms with Crippen LogP contribution in [0.4, 0.5) is 10.6 Å². The highest BCUT2D eigenvalue weighted by molar-refractivity contribution is 5.98. The van der Waals surface area contributed by atoms with E-state index >= 15 is 0 Å². The van der Waals surface area contributed by atoms with E-state index < -0.39 is 5.60 Å². The van der Waals surface area contributed by atoms with Crippen molar-refractivity contribution < 1.29 is 19.1 Å². The van der Waals surface area contributed by atoms with E-state index in [9.17, 15) is 9.59 Å². The molecule has 0 bridgehead atoms. The number of aryl methyl sites for hydroxylation is 1. The third-order valence-corrected chi connectivity index (χ3v) is 6.81. The summed E-state index contributed by atoms with van der Waals surface area (Å²) < 4.78 is 11.9. The molecule has 4 heterocycles. The third-order valence-electron chi connectivity index (χ3n) is 6.81. The SMILES string of the molecule is Cc1cc2c(nc1N1CCC(Oc3ccc4c(c3)CCN(C(=O)OC(C)(C)C)C4)CC1)CNC2=O. The molecule has 3 aliphatic heterocycles. The van der Waals surface area contributed by atoms with Crippen LogP contribution in [-0.2, 0) is 24.2 Å². The van der Waals surface area contributed by atoms with Gasteiger partial charge in [0.1, 0.15) is 23.3 Å². The van der Waals surface area contributed by atoms with E-state index in [-0.39, 0.29) is 18.1 Å². The van der Waals surface area contributed by atoms with E-state index in [0.717, 1.165) is 60.7 Å². The van der Waals surface area contributed by atoms with E-state index in [1.54, 1.807) is 4.90 Å². The van der Waals surface area contributed by atoms with Crippen molar-refractivity contribution in [3.8, 4) is 5.75 Å². The van der Waals surface area contributed by atoms with Gasteiger partial charge < -0.3 is 24.6 Å². The molecule has 3 aliphatic rings. The van der Waals surface area contributed by atoms with Crippen LogP contribution in [0, 0.1) is 6.92 Å². The second-order valence-electron chi connectivity index (χ2n) is 10.7. The molecule has 0 spiro atoms. The van der Waals surface area contributed by atoms with Gasteiger partial charge in [0.2, 0.25) is 0 Å². The van der Waals surface area contributed by atoms with Gasteiger partial charge in [0.25, 0.3) is 5.91 Å². The lowest BCUT2D eigenvalue weighted by atomic mass is 9.99. The highest BCUT2D eigenvalue weighted by atomic mass is 16.6. The highest BCUT2D eigenvalue weighted by Gasteiger charge is 2.28. The molecule has 0 radical (unpaired) electrons. The van der Waals surface area contributed by atoms with Crippen molar-refractivity contribution in [3.05, 3.63) is 52.2 Å². The molecule has 186 valence electrons. The Labute approximate surface area is 206 Å². The van der Waals surface area contributed by atoms with Gasteiger partial charge >= 0.3 is 6.09 Å². The summed E-state index contributed by atoms with van der Waals surface area (Å²) in [5.74, 6) is 1.84. The van der Waals surface area contributed by atoms with Crippen molar-refractivity contribution in [2.45, 2.75) is 71.8 Å². The average molecular weight is 479 g/mol. The number of pyridine rings is 1. The number of carbonyl (C=O) groups excluding carboxylic acids is 2. The normalized spacial score (nSPS) is 18.1. The fraction of sp³-hybridized carbons (Fsp3) is 0.519. The van der Waals surface area contributed by atoms with Gasteiger partial charge in [-0.3, -0.25) is 4.79 Å². The second-order valence-corrected chi connectivity index (χ2v) is 10.7. The summed E-state index contributed by atoms with van der Waals surface area (Å²) in [5, 5.41) is 2.85. The van der Waals surface area contributed by atoms with Crippen molar-refractivity contribution >= 4 is 17.8 Å². The minimum atomic E-state index is -0.490. The molecule has 2 aromatic rings. The monoisotopic (exact) mass is 478 g/mol. The first kappa shape index (κ1) is 23.5. The maximum Gasteiger partial charge on any atom is 0.410 e. The molecule has 0 unspecified atom stereocenters. The number of carbonyl (C=O) groups is 2. The highest BCUT2D eigenvalue weighted by Crippen LogP contribution is 2.29. The fourth-order valence-electron chi connectivity index (χ4n) is 5.01. The Bertz CT molecular complexity index is 1150. The van der Waals surface area contributed by atoms with E-state index in [1.807, 2.05) is 39.8 Å². The van der Waals surface area contributed by atoms with Gasteiger partial charge in [-0.05, 0) is 69.0 Å². The smallest absolute Gasteiger partial charge is 0.410 e. The Kier molecular flexibility index (Phi) is 6.07. The summed E-state index contributed by atoms with van der Waals surface area (Å²) in [6.07, 6.45) is 2.53. The zero-order valence-electron chi connectivity index (χ0n) is 21.0. The minimum Gasteiger partial charge on any atom is -0.490 e. The molecule has 1 saturated heterocycles. The molecule has 1 N–H and O–H groups in total. The Morgan fingerprint density at radius 2 is 1.89 bits per heavy atom. The number of hydrogen-bond acceptors (Lipinski definition) is 6. The van der Waals surface area contributed by atoms with Gasteiger partial charge in [-0.1, -0.05) is 6.07 Å². The molecule has 1 aromatic heterocycles. The van der Waals surface area contributed by atoms with Crippen LogP contribution in [0.25, 0.3) is 0 Å². The van der Waals surface area contributed by atoms with Gasteiger partial charge in [-0.15, -0.1) is 0 Å². The van der Waals surface area contributed by atoms with Gasteiger partial charge in [0.15, 0.2) is 0 Å². The number of hydrogen-bond donors (Lipinski definition) is 1. The quantitative estimate of drug-likeness (QED) is 0.719. The molecular formula is C27H34N4O4. The van der Waals surface area contributed by atoms with Crippen molar-refractivity contribution in [2.75, 3.05) is 24.5 Å². The lowest BCUT2D eigenvalue weighted by Gasteiger charge is -2.34. The second kappa shape index (κ2) is 9.06. The standard InChI is InChI=1S/C27H34N4O4/c1-17-13-22-23(15-28-25(22)32)29-24(17)30-11-8-20(9-12-30)34-21-6-5-19-16-31(10-7-18(19)14-21)26(33)35-27(2,3)4/h5-6,13-14,20H,7-12,15-16H2,1-4H3,(H,28,32). The minimum absolute atomic E-state index is 0.0307. The molecule has 8 nitrogen and oxygen atoms in total. The van der Waals surface area contributed by atoms with Crippen LogP contribution in [0.3, 0.4) is 0 Å². The zero-order valence-corrected chi connectivity index (χ0v) is 21.0. The van der Waals surface area contributed by atoms with Crippen molar-refractivity contribution in [1.29, 1.82) is 0 Å². The van der Waals surface area contributed by atoms with Gasteiger partial charge in [-0.2, -0.15) is 0 Å². The largest absolute Gasteiger partial charge is 0.490 e. The molecular weight excluding hydrogens is 444 g/mol. The number of aromatic nitrogens is 1. The summed E-state index contributed by atoms with van der Waals surface area (Å²) in [5.41, 5.74) is 4.47. The Morgan fingerprint density at radius 3 is 2.63 bits per heavy atom. The van der Waals surface area contributed by atoms with E-state index in [0.29, 0.717) is 25.2 Å². The topological polar surface area (TPSA) is 84.0 Å². The van der Waals surface area contributed by atoms with Crippen LogP contribution >= 0.6 is 0 Å². The van der Waals surface area contributed by atoms with Crippen LogP contribution in [0.2, 0.25) is 0 Å². The molecule has 35 heavy (non-hydrogen) atoms. The molecule has 8 heteroatoms. The number of fused-ring (bicyclic) bond motifs is 2. The molecule has 1 fully saturated rings. The summed E-state index contributed by atoms with van der Waals surface area (Å²) in [7, 11) is 0. The van der Waals surface area contributed by atoms with Crippen LogP contribution in [0.5, 0.6) is 5.75 Å². The number of piperidine rings is 1. The average Bonchev–Trinajstić information content (AvgIpc) is 3.17. The Hall–Kier alpha value is -3.29. The van der Waals surface area contributed by atoms with Crippen LogP contribution in [-0.4, -0.2) is 53.2 Å².